The quantitative estimate of drug-likeness (QED) is 0.762. The minimum absolute atomic E-state index is 0.0862. The zero-order valence-electron chi connectivity index (χ0n) is 11.3. The maximum atomic E-state index is 11.7. The van der Waals surface area contributed by atoms with Crippen molar-refractivity contribution in [2.75, 3.05) is 12.3 Å². The lowest BCUT2D eigenvalue weighted by Crippen LogP contribution is -2.35. The second-order valence-electron chi connectivity index (χ2n) is 5.58. The van der Waals surface area contributed by atoms with Crippen molar-refractivity contribution < 1.29 is 14.7 Å². The van der Waals surface area contributed by atoms with Crippen LogP contribution in [-0.4, -0.2) is 28.5 Å². The van der Waals surface area contributed by atoms with Gasteiger partial charge in [-0.25, -0.2) is 4.98 Å². The van der Waals surface area contributed by atoms with Gasteiger partial charge in [-0.2, -0.15) is 0 Å². The van der Waals surface area contributed by atoms with Gasteiger partial charge >= 0.3 is 5.97 Å². The summed E-state index contributed by atoms with van der Waals surface area (Å²) in [7, 11) is 0. The summed E-state index contributed by atoms with van der Waals surface area (Å²) < 4.78 is 0. The first-order valence-electron chi connectivity index (χ1n) is 5.91. The van der Waals surface area contributed by atoms with E-state index in [1.54, 1.807) is 5.38 Å². The van der Waals surface area contributed by atoms with Gasteiger partial charge in [-0.15, -0.1) is 11.3 Å². The Balaban J connectivity index is 2.57. The van der Waals surface area contributed by atoms with Gasteiger partial charge in [0.2, 0.25) is 0 Å². The standard InChI is InChI=1S/C12H19N3O3S/c1-12(2,3)4-7(10(17)18)5-14-9(16)8-6-19-11(13)15-8/h6-7H,4-5H2,1-3H3,(H2,13,15)(H,14,16)(H,17,18). The Morgan fingerprint density at radius 2 is 2.16 bits per heavy atom. The molecule has 1 amide bonds. The number of nitrogen functional groups attached to an aromatic ring is 1. The first-order valence-corrected chi connectivity index (χ1v) is 6.79. The Kier molecular flexibility index (Phi) is 4.88. The van der Waals surface area contributed by atoms with Crippen LogP contribution in [0.15, 0.2) is 5.38 Å². The van der Waals surface area contributed by atoms with Crippen molar-refractivity contribution in [3.63, 3.8) is 0 Å². The molecule has 1 aromatic rings. The van der Waals surface area contributed by atoms with Crippen LogP contribution in [-0.2, 0) is 4.79 Å². The molecule has 1 atom stereocenters. The molecule has 0 aliphatic heterocycles. The lowest BCUT2D eigenvalue weighted by molar-refractivity contribution is -0.142. The van der Waals surface area contributed by atoms with Crippen molar-refractivity contribution in [3.05, 3.63) is 11.1 Å². The molecule has 1 heterocycles. The van der Waals surface area contributed by atoms with E-state index in [0.717, 1.165) is 0 Å². The smallest absolute Gasteiger partial charge is 0.308 e. The topological polar surface area (TPSA) is 105 Å². The van der Waals surface area contributed by atoms with E-state index in [9.17, 15) is 9.59 Å². The molecule has 0 spiro atoms. The molecule has 0 aromatic carbocycles. The van der Waals surface area contributed by atoms with E-state index >= 15 is 0 Å². The molecule has 0 radical (unpaired) electrons. The van der Waals surface area contributed by atoms with Crippen LogP contribution in [0.25, 0.3) is 0 Å². The molecule has 0 aliphatic rings. The van der Waals surface area contributed by atoms with Crippen molar-refractivity contribution >= 4 is 28.3 Å². The van der Waals surface area contributed by atoms with E-state index in [-0.39, 0.29) is 17.7 Å². The van der Waals surface area contributed by atoms with Crippen LogP contribution < -0.4 is 11.1 Å². The summed E-state index contributed by atoms with van der Waals surface area (Å²) in [6, 6.07) is 0. The van der Waals surface area contributed by atoms with Gasteiger partial charge in [0, 0.05) is 11.9 Å². The molecule has 0 saturated carbocycles. The highest BCUT2D eigenvalue weighted by atomic mass is 32.1. The van der Waals surface area contributed by atoms with E-state index < -0.39 is 17.8 Å². The van der Waals surface area contributed by atoms with E-state index in [4.69, 9.17) is 10.8 Å². The Hall–Kier alpha value is -1.63. The first-order chi connectivity index (χ1) is 8.69. The predicted octanol–water partition coefficient (Wildman–Crippen LogP) is 1.59. The van der Waals surface area contributed by atoms with Crippen LogP contribution >= 0.6 is 11.3 Å². The SMILES string of the molecule is CC(C)(C)CC(CNC(=O)c1csc(N)n1)C(=O)O. The third kappa shape index (κ3) is 5.25. The van der Waals surface area contributed by atoms with E-state index in [1.165, 1.54) is 11.3 Å². The number of carbonyl (C=O) groups is 2. The zero-order valence-corrected chi connectivity index (χ0v) is 12.1. The van der Waals surface area contributed by atoms with Crippen LogP contribution in [0.1, 0.15) is 37.7 Å². The Morgan fingerprint density at radius 3 is 2.58 bits per heavy atom. The molecule has 0 saturated heterocycles. The number of hydrogen-bond donors (Lipinski definition) is 3. The fourth-order valence-electron chi connectivity index (χ4n) is 1.68. The minimum atomic E-state index is -0.909. The average molecular weight is 285 g/mol. The van der Waals surface area contributed by atoms with E-state index in [1.807, 2.05) is 20.8 Å². The second-order valence-corrected chi connectivity index (χ2v) is 6.47. The highest BCUT2D eigenvalue weighted by molar-refractivity contribution is 7.13. The molecule has 0 bridgehead atoms. The third-order valence-electron chi connectivity index (χ3n) is 2.47. The number of anilines is 1. The van der Waals surface area contributed by atoms with Crippen LogP contribution in [0.4, 0.5) is 5.13 Å². The van der Waals surface area contributed by atoms with E-state index in [2.05, 4.69) is 10.3 Å². The second kappa shape index (κ2) is 6.01. The lowest BCUT2D eigenvalue weighted by atomic mass is 9.84. The Bertz CT molecular complexity index is 465. The number of rotatable bonds is 5. The molecular formula is C12H19N3O3S. The summed E-state index contributed by atoms with van der Waals surface area (Å²) >= 11 is 1.17. The fourth-order valence-corrected chi connectivity index (χ4v) is 2.23. The molecule has 0 aliphatic carbocycles. The summed E-state index contributed by atoms with van der Waals surface area (Å²) in [5.41, 5.74) is 5.55. The number of nitrogens with zero attached hydrogens (tertiary/aromatic N) is 1. The van der Waals surface area contributed by atoms with Crippen molar-refractivity contribution in [3.8, 4) is 0 Å². The normalized spacial score (nSPS) is 13.0. The summed E-state index contributed by atoms with van der Waals surface area (Å²) in [4.78, 5) is 26.7. The predicted molar refractivity (Wildman–Crippen MR) is 74.1 cm³/mol. The van der Waals surface area contributed by atoms with Gasteiger partial charge in [0.1, 0.15) is 5.69 Å². The number of carbonyl (C=O) groups excluding carboxylic acids is 1. The minimum Gasteiger partial charge on any atom is -0.481 e. The highest BCUT2D eigenvalue weighted by Crippen LogP contribution is 2.24. The first kappa shape index (κ1) is 15.4. The van der Waals surface area contributed by atoms with Gasteiger partial charge in [0.25, 0.3) is 5.91 Å². The number of amides is 1. The van der Waals surface area contributed by atoms with Gasteiger partial charge in [0.05, 0.1) is 5.92 Å². The van der Waals surface area contributed by atoms with Crippen LogP contribution in [0, 0.1) is 11.3 Å². The number of hydrogen-bond acceptors (Lipinski definition) is 5. The molecule has 7 heteroatoms. The largest absolute Gasteiger partial charge is 0.481 e. The number of aromatic nitrogens is 1. The summed E-state index contributed by atoms with van der Waals surface area (Å²) in [5.74, 6) is -1.92. The number of aliphatic carboxylic acids is 1. The molecule has 1 rings (SSSR count). The van der Waals surface area contributed by atoms with Gasteiger partial charge in [-0.1, -0.05) is 20.8 Å². The number of carboxylic acid groups (broad SMARTS) is 1. The molecule has 1 aromatic heterocycles. The van der Waals surface area contributed by atoms with Gasteiger partial charge in [-0.3, -0.25) is 9.59 Å². The molecule has 6 nitrogen and oxygen atoms in total. The van der Waals surface area contributed by atoms with Crippen molar-refractivity contribution in [2.24, 2.45) is 11.3 Å². The van der Waals surface area contributed by atoms with Crippen molar-refractivity contribution in [2.45, 2.75) is 27.2 Å². The van der Waals surface area contributed by atoms with Gasteiger partial charge < -0.3 is 16.2 Å². The number of nitrogens with two attached hydrogens (primary N) is 1. The molecule has 4 N–H and O–H groups in total. The van der Waals surface area contributed by atoms with Crippen molar-refractivity contribution in [1.82, 2.24) is 10.3 Å². The summed E-state index contributed by atoms with van der Waals surface area (Å²) in [6.45, 7) is 5.98. The molecule has 106 valence electrons. The maximum Gasteiger partial charge on any atom is 0.308 e. The summed E-state index contributed by atoms with van der Waals surface area (Å²) in [6.07, 6.45) is 0.488. The maximum absolute atomic E-state index is 11.7. The molecule has 19 heavy (non-hydrogen) atoms. The highest BCUT2D eigenvalue weighted by Gasteiger charge is 2.25. The van der Waals surface area contributed by atoms with Crippen LogP contribution in [0.5, 0.6) is 0 Å². The van der Waals surface area contributed by atoms with Gasteiger partial charge in [0.15, 0.2) is 5.13 Å². The third-order valence-corrected chi connectivity index (χ3v) is 3.15. The lowest BCUT2D eigenvalue weighted by Gasteiger charge is -2.23. The van der Waals surface area contributed by atoms with Crippen LogP contribution in [0.2, 0.25) is 0 Å². The summed E-state index contributed by atoms with van der Waals surface area (Å²) in [5, 5.41) is 13.6. The monoisotopic (exact) mass is 285 g/mol. The Morgan fingerprint density at radius 1 is 1.53 bits per heavy atom. The zero-order chi connectivity index (χ0) is 14.6. The number of nitrogens with one attached hydrogen (secondary N) is 1. The fraction of sp³-hybridized carbons (Fsp3) is 0.583. The van der Waals surface area contributed by atoms with Gasteiger partial charge in [-0.05, 0) is 11.8 Å². The number of thiazole rings is 1. The number of carboxylic acids is 1. The molecular weight excluding hydrogens is 266 g/mol. The molecule has 1 unspecified atom stereocenters. The Labute approximate surface area is 116 Å². The van der Waals surface area contributed by atoms with E-state index in [0.29, 0.717) is 11.6 Å². The van der Waals surface area contributed by atoms with Crippen LogP contribution in [0.3, 0.4) is 0 Å². The molecule has 0 fully saturated rings. The average Bonchev–Trinajstić information content (AvgIpc) is 2.68. The van der Waals surface area contributed by atoms with Crippen molar-refractivity contribution in [1.29, 1.82) is 0 Å².